The molecule has 2 heterocycles. The van der Waals surface area contributed by atoms with Crippen LogP contribution in [0, 0.1) is 0 Å². The minimum absolute atomic E-state index is 0.0796. The summed E-state index contributed by atoms with van der Waals surface area (Å²) in [4.78, 5) is 39.6. The zero-order valence-corrected chi connectivity index (χ0v) is 15.9. The largest absolute Gasteiger partial charge is 0.353 e. The van der Waals surface area contributed by atoms with Crippen LogP contribution < -0.4 is 16.0 Å². The van der Waals surface area contributed by atoms with Gasteiger partial charge in [0.15, 0.2) is 0 Å². The predicted octanol–water partition coefficient (Wildman–Crippen LogP) is 0.152. The number of amides is 4. The van der Waals surface area contributed by atoms with Crippen molar-refractivity contribution in [1.82, 2.24) is 25.8 Å². The maximum absolute atomic E-state index is 12.5. The van der Waals surface area contributed by atoms with E-state index in [0.717, 1.165) is 12.1 Å². The smallest absolute Gasteiger partial charge is 0.317 e. The van der Waals surface area contributed by atoms with Gasteiger partial charge in [0.05, 0.1) is 6.54 Å². The predicted molar refractivity (Wildman–Crippen MR) is 101 cm³/mol. The molecule has 4 amide bonds. The third-order valence-electron chi connectivity index (χ3n) is 4.83. The molecule has 2 saturated heterocycles. The minimum atomic E-state index is -0.150. The molecule has 0 atom stereocenters. The van der Waals surface area contributed by atoms with Crippen LogP contribution in [0.5, 0.6) is 0 Å². The molecular formula is C19H27N5O3. The monoisotopic (exact) mass is 373 g/mol. The second-order valence-electron chi connectivity index (χ2n) is 7.66. The normalized spacial score (nSPS) is 19.4. The molecule has 1 aromatic carbocycles. The Hall–Kier alpha value is -2.61. The van der Waals surface area contributed by atoms with Gasteiger partial charge in [-0.3, -0.25) is 9.59 Å². The Kier molecular flexibility index (Phi) is 5.65. The molecule has 0 bridgehead atoms. The number of hydrogen-bond donors (Lipinski definition) is 3. The highest BCUT2D eigenvalue weighted by Gasteiger charge is 2.28. The van der Waals surface area contributed by atoms with Crippen molar-refractivity contribution in [2.45, 2.75) is 25.9 Å². The van der Waals surface area contributed by atoms with Crippen molar-refractivity contribution in [2.24, 2.45) is 0 Å². The number of nitrogens with one attached hydrogen (secondary N) is 3. The van der Waals surface area contributed by atoms with Crippen LogP contribution in [-0.2, 0) is 11.3 Å². The maximum Gasteiger partial charge on any atom is 0.317 e. The molecule has 27 heavy (non-hydrogen) atoms. The average Bonchev–Trinajstić information content (AvgIpc) is 2.65. The Bertz CT molecular complexity index is 717. The second-order valence-corrected chi connectivity index (χ2v) is 7.66. The maximum atomic E-state index is 12.5. The van der Waals surface area contributed by atoms with Gasteiger partial charge < -0.3 is 25.8 Å². The van der Waals surface area contributed by atoms with Crippen molar-refractivity contribution in [1.29, 1.82) is 0 Å². The summed E-state index contributed by atoms with van der Waals surface area (Å²) in [6, 6.07) is 7.07. The minimum Gasteiger partial charge on any atom is -0.353 e. The summed E-state index contributed by atoms with van der Waals surface area (Å²) in [5, 5.41) is 9.02. The molecule has 146 valence electrons. The second kappa shape index (κ2) is 7.96. The molecular weight excluding hydrogens is 346 g/mol. The number of urea groups is 1. The zero-order chi connectivity index (χ0) is 19.4. The molecule has 0 radical (unpaired) electrons. The first kappa shape index (κ1) is 19.2. The average molecular weight is 373 g/mol. The van der Waals surface area contributed by atoms with Gasteiger partial charge in [-0.25, -0.2) is 4.79 Å². The van der Waals surface area contributed by atoms with Crippen LogP contribution in [0.3, 0.4) is 0 Å². The highest BCUT2D eigenvalue weighted by molar-refractivity contribution is 5.97. The summed E-state index contributed by atoms with van der Waals surface area (Å²) in [6.07, 6.45) is 0. The van der Waals surface area contributed by atoms with E-state index in [1.165, 1.54) is 0 Å². The molecule has 0 aliphatic carbocycles. The van der Waals surface area contributed by atoms with Crippen molar-refractivity contribution >= 4 is 17.8 Å². The quantitative estimate of drug-likeness (QED) is 0.703. The van der Waals surface area contributed by atoms with Crippen LogP contribution in [0.2, 0.25) is 0 Å². The molecule has 1 aromatic rings. The highest BCUT2D eigenvalue weighted by Crippen LogP contribution is 2.11. The van der Waals surface area contributed by atoms with Gasteiger partial charge in [0.25, 0.3) is 5.91 Å². The zero-order valence-electron chi connectivity index (χ0n) is 15.9. The summed E-state index contributed by atoms with van der Waals surface area (Å²) >= 11 is 0. The number of piperazine rings is 2. The molecule has 0 saturated carbocycles. The van der Waals surface area contributed by atoms with Crippen LogP contribution in [0.4, 0.5) is 4.79 Å². The van der Waals surface area contributed by atoms with Gasteiger partial charge in [-0.2, -0.15) is 0 Å². The third kappa shape index (κ3) is 4.97. The van der Waals surface area contributed by atoms with Crippen LogP contribution in [-0.4, -0.2) is 72.5 Å². The van der Waals surface area contributed by atoms with Crippen LogP contribution >= 0.6 is 0 Å². The summed E-state index contributed by atoms with van der Waals surface area (Å²) in [5.41, 5.74) is 1.39. The number of rotatable bonds is 3. The molecule has 3 N–H and O–H groups in total. The van der Waals surface area contributed by atoms with Gasteiger partial charge in [-0.15, -0.1) is 0 Å². The summed E-state index contributed by atoms with van der Waals surface area (Å²) in [7, 11) is 0. The lowest BCUT2D eigenvalue weighted by atomic mass is 10.0. The molecule has 0 aromatic heterocycles. The number of hydrogen-bond acceptors (Lipinski definition) is 4. The van der Waals surface area contributed by atoms with Gasteiger partial charge in [-0.05, 0) is 31.5 Å². The summed E-state index contributed by atoms with van der Waals surface area (Å²) in [5.74, 6) is -0.284. The summed E-state index contributed by atoms with van der Waals surface area (Å²) < 4.78 is 0. The molecule has 2 aliphatic rings. The van der Waals surface area contributed by atoms with Crippen LogP contribution in [0.15, 0.2) is 24.3 Å². The first-order valence-electron chi connectivity index (χ1n) is 9.27. The third-order valence-corrected chi connectivity index (χ3v) is 4.83. The SMILES string of the molecule is CC1(C)CN(C(=O)NCc2ccc(C(=O)N3CCNC(=O)C3)cc2)CCN1. The van der Waals surface area contributed by atoms with Gasteiger partial charge in [0.2, 0.25) is 5.91 Å². The van der Waals surface area contributed by atoms with E-state index < -0.39 is 0 Å². The van der Waals surface area contributed by atoms with Crippen LogP contribution in [0.25, 0.3) is 0 Å². The van der Waals surface area contributed by atoms with Gasteiger partial charge in [-0.1, -0.05) is 12.1 Å². The van der Waals surface area contributed by atoms with E-state index in [-0.39, 0.29) is 29.9 Å². The Balaban J connectivity index is 1.52. The molecule has 0 spiro atoms. The van der Waals surface area contributed by atoms with Crippen molar-refractivity contribution in [3.8, 4) is 0 Å². The lowest BCUT2D eigenvalue weighted by Crippen LogP contribution is -2.59. The van der Waals surface area contributed by atoms with Crippen molar-refractivity contribution in [3.63, 3.8) is 0 Å². The van der Waals surface area contributed by atoms with Gasteiger partial charge in [0.1, 0.15) is 0 Å². The first-order valence-corrected chi connectivity index (χ1v) is 9.27. The van der Waals surface area contributed by atoms with E-state index in [4.69, 9.17) is 0 Å². The number of benzene rings is 1. The Morgan fingerprint density at radius 2 is 1.81 bits per heavy atom. The number of carbonyl (C=O) groups is 3. The standard InChI is InChI=1S/C19H27N5O3/c1-19(2)13-24(10-8-22-19)18(27)21-11-14-3-5-15(6-4-14)17(26)23-9-7-20-16(25)12-23/h3-6,22H,7-13H2,1-2H3,(H,20,25)(H,21,27). The highest BCUT2D eigenvalue weighted by atomic mass is 16.2. The van der Waals surface area contributed by atoms with E-state index in [2.05, 4.69) is 29.8 Å². The fourth-order valence-corrected chi connectivity index (χ4v) is 3.36. The Morgan fingerprint density at radius 3 is 2.48 bits per heavy atom. The van der Waals surface area contributed by atoms with E-state index in [1.807, 2.05) is 17.0 Å². The van der Waals surface area contributed by atoms with E-state index >= 15 is 0 Å². The van der Waals surface area contributed by atoms with E-state index in [0.29, 0.717) is 38.3 Å². The molecule has 2 fully saturated rings. The lowest BCUT2D eigenvalue weighted by molar-refractivity contribution is -0.123. The fraction of sp³-hybridized carbons (Fsp3) is 0.526. The molecule has 0 unspecified atom stereocenters. The fourth-order valence-electron chi connectivity index (χ4n) is 3.36. The first-order chi connectivity index (χ1) is 12.8. The molecule has 2 aliphatic heterocycles. The molecule has 8 heteroatoms. The summed E-state index contributed by atoms with van der Waals surface area (Å²) in [6.45, 7) is 7.79. The van der Waals surface area contributed by atoms with Crippen molar-refractivity contribution in [3.05, 3.63) is 35.4 Å². The van der Waals surface area contributed by atoms with E-state index in [9.17, 15) is 14.4 Å². The molecule has 8 nitrogen and oxygen atoms in total. The van der Waals surface area contributed by atoms with E-state index in [1.54, 1.807) is 17.0 Å². The van der Waals surface area contributed by atoms with Crippen molar-refractivity contribution < 1.29 is 14.4 Å². The molecule has 3 rings (SSSR count). The van der Waals surface area contributed by atoms with Gasteiger partial charge >= 0.3 is 6.03 Å². The van der Waals surface area contributed by atoms with Crippen LogP contribution in [0.1, 0.15) is 29.8 Å². The number of carbonyl (C=O) groups excluding carboxylic acids is 3. The number of nitrogens with zero attached hydrogens (tertiary/aromatic N) is 2. The topological polar surface area (TPSA) is 93.8 Å². The lowest BCUT2D eigenvalue weighted by Gasteiger charge is -2.39. The van der Waals surface area contributed by atoms with Crippen molar-refractivity contribution in [2.75, 3.05) is 39.3 Å². The Labute approximate surface area is 159 Å². The Morgan fingerprint density at radius 1 is 1.11 bits per heavy atom. The van der Waals surface area contributed by atoms with Gasteiger partial charge in [0, 0.05) is 50.4 Å².